The maximum absolute atomic E-state index is 8.76. The van der Waals surface area contributed by atoms with Crippen LogP contribution in [0, 0.1) is 0 Å². The van der Waals surface area contributed by atoms with Crippen molar-refractivity contribution in [3.63, 3.8) is 0 Å². The summed E-state index contributed by atoms with van der Waals surface area (Å²) in [5.41, 5.74) is 2.00. The molecule has 0 atom stereocenters. The lowest BCUT2D eigenvalue weighted by Crippen LogP contribution is -2.06. The molecule has 3 aromatic heterocycles. The minimum atomic E-state index is -0.610. The molecule has 3 heterocycles. The van der Waals surface area contributed by atoms with Crippen LogP contribution in [0.25, 0.3) is 94.0 Å². The van der Waals surface area contributed by atoms with Crippen LogP contribution in [-0.4, -0.2) is 19.5 Å². The van der Waals surface area contributed by atoms with Crippen LogP contribution >= 0.6 is 0 Å². The Morgan fingerprint density at radius 2 is 1.05 bits per heavy atom. The first kappa shape index (κ1) is 16.0. The van der Waals surface area contributed by atoms with Gasteiger partial charge in [-0.15, -0.1) is 0 Å². The summed E-state index contributed by atoms with van der Waals surface area (Å²) in [6.45, 7) is 0. The van der Waals surface area contributed by atoms with Crippen LogP contribution in [0.3, 0.4) is 0 Å². The summed E-state index contributed by atoms with van der Waals surface area (Å²) in [4.78, 5) is 14.0. The maximum Gasteiger partial charge on any atom is 0.238 e. The highest BCUT2D eigenvalue weighted by Crippen LogP contribution is 2.46. The Morgan fingerprint density at radius 3 is 1.73 bits per heavy atom. The lowest BCUT2D eigenvalue weighted by molar-refractivity contribution is 0.669. The number of fused-ring (bicyclic) bond motifs is 3. The Hall–Kier alpha value is -6.07. The van der Waals surface area contributed by atoms with Crippen molar-refractivity contribution < 1.29 is 18.1 Å². The molecule has 0 aliphatic heterocycles. The average Bonchev–Trinajstić information content (AvgIpc) is 3.73. The summed E-state index contributed by atoms with van der Waals surface area (Å²) >= 11 is 0. The molecule has 5 heteroatoms. The van der Waals surface area contributed by atoms with Crippen molar-refractivity contribution in [3.05, 3.63) is 133 Å². The molecule has 204 valence electrons. The fourth-order valence-corrected chi connectivity index (χ4v) is 6.49. The largest absolute Gasteiger partial charge is 0.456 e. The highest BCUT2D eigenvalue weighted by Gasteiger charge is 2.24. The Balaban J connectivity index is 1.43. The first-order valence-corrected chi connectivity index (χ1v) is 13.9. The summed E-state index contributed by atoms with van der Waals surface area (Å²) in [7, 11) is 0. The molecule has 0 amide bonds. The van der Waals surface area contributed by atoms with Gasteiger partial charge in [-0.2, -0.15) is 9.97 Å². The highest BCUT2D eigenvalue weighted by molar-refractivity contribution is 6.38. The van der Waals surface area contributed by atoms with E-state index in [1.54, 1.807) is 4.57 Å². The number of hydrogen-bond donors (Lipinski definition) is 0. The molecule has 0 radical (unpaired) electrons. The van der Waals surface area contributed by atoms with Gasteiger partial charge in [0.1, 0.15) is 11.2 Å². The monoisotopic (exact) mass is 572 g/mol. The Morgan fingerprint density at radius 1 is 0.477 bits per heavy atom. The number of hydrogen-bond acceptors (Lipinski definition) is 4. The predicted molar refractivity (Wildman–Crippen MR) is 179 cm³/mol. The molecular formula is C39H22N4O. The van der Waals surface area contributed by atoms with Crippen molar-refractivity contribution in [1.29, 1.82) is 0 Å². The average molecular weight is 573 g/mol. The van der Waals surface area contributed by atoms with Gasteiger partial charge in [0.25, 0.3) is 0 Å². The van der Waals surface area contributed by atoms with Crippen LogP contribution in [0.1, 0.15) is 13.7 Å². The highest BCUT2D eigenvalue weighted by atomic mass is 16.3. The number of benzene rings is 6. The van der Waals surface area contributed by atoms with Gasteiger partial charge in [-0.25, -0.2) is 4.98 Å². The van der Waals surface area contributed by atoms with Gasteiger partial charge in [-0.1, -0.05) is 109 Å². The third-order valence-electron chi connectivity index (χ3n) is 8.19. The standard InChI is InChI=1S/C39H22N4O/c1-3-11-23(12-4-1)37-40-38(24-13-5-2-6-14-24)42-39(41-37)43-29-19-9-17-27-25-15-7-8-16-26(25)28-18-10-20-31-34(28)36-32(44-31)22-21-30(43)35(36)33(27)29/h1-22H/i1D,2D,3D,4D,5D,6D,11D,12D,13D,14D. The lowest BCUT2D eigenvalue weighted by Gasteiger charge is -2.11. The molecule has 0 aliphatic carbocycles. The van der Waals surface area contributed by atoms with Gasteiger partial charge in [0.05, 0.1) is 24.7 Å². The Kier molecular flexibility index (Phi) is 3.16. The summed E-state index contributed by atoms with van der Waals surface area (Å²) in [5.74, 6) is -0.737. The fourth-order valence-electron chi connectivity index (χ4n) is 6.49. The second-order valence-corrected chi connectivity index (χ2v) is 10.5. The SMILES string of the molecule is [2H]c1c([2H])c([2H])c(-c2nc(-c3c([2H])c([2H])c([2H])c([2H])c3[2H])nc(-n3c4cccc5c6ccccc6c6cccc7oc8ccc3c(c8c76)c54)n2)c([2H])c1[2H]. The fraction of sp³-hybridized carbons (Fsp3) is 0. The van der Waals surface area contributed by atoms with Gasteiger partial charge in [0.2, 0.25) is 5.95 Å². The van der Waals surface area contributed by atoms with Crippen molar-refractivity contribution in [1.82, 2.24) is 19.5 Å². The quantitative estimate of drug-likeness (QED) is 0.211. The van der Waals surface area contributed by atoms with E-state index in [0.717, 1.165) is 43.1 Å². The van der Waals surface area contributed by atoms with Crippen LogP contribution in [0.2, 0.25) is 0 Å². The van der Waals surface area contributed by atoms with Crippen LogP contribution in [0.5, 0.6) is 0 Å². The van der Waals surface area contributed by atoms with Crippen molar-refractivity contribution in [2.75, 3.05) is 0 Å². The molecular weight excluding hydrogens is 540 g/mol. The summed E-state index contributed by atoms with van der Waals surface area (Å²) < 4.78 is 93.1. The van der Waals surface area contributed by atoms with Crippen LogP contribution < -0.4 is 0 Å². The zero-order chi connectivity index (χ0) is 37.5. The van der Waals surface area contributed by atoms with E-state index >= 15 is 0 Å². The van der Waals surface area contributed by atoms with Gasteiger partial charge in [0.15, 0.2) is 11.6 Å². The van der Waals surface area contributed by atoms with Gasteiger partial charge in [-0.05, 0) is 45.8 Å². The van der Waals surface area contributed by atoms with Gasteiger partial charge >= 0.3 is 0 Å². The molecule has 0 unspecified atom stereocenters. The molecule has 0 saturated carbocycles. The molecule has 0 bridgehead atoms. The van der Waals surface area contributed by atoms with E-state index in [0.29, 0.717) is 22.2 Å². The molecule has 7 aromatic carbocycles. The number of rotatable bonds is 3. The van der Waals surface area contributed by atoms with Crippen molar-refractivity contribution >= 4 is 65.3 Å². The van der Waals surface area contributed by atoms with Crippen molar-refractivity contribution in [2.45, 2.75) is 0 Å². The summed E-state index contributed by atoms with van der Waals surface area (Å²) in [5, 5.41) is 7.41. The van der Waals surface area contributed by atoms with Gasteiger partial charge in [-0.3, -0.25) is 4.57 Å². The molecule has 0 saturated heterocycles. The normalized spacial score (nSPS) is 15.3. The minimum Gasteiger partial charge on any atom is -0.456 e. The summed E-state index contributed by atoms with van der Waals surface area (Å²) in [6.07, 6.45) is 0. The van der Waals surface area contributed by atoms with E-state index in [9.17, 15) is 0 Å². The van der Waals surface area contributed by atoms with E-state index in [2.05, 4.69) is 23.2 Å². The zero-order valence-electron chi connectivity index (χ0n) is 32.6. The maximum atomic E-state index is 8.76. The van der Waals surface area contributed by atoms with Crippen molar-refractivity contribution in [2.24, 2.45) is 0 Å². The molecule has 44 heavy (non-hydrogen) atoms. The molecule has 0 aliphatic rings. The number of aromatic nitrogens is 4. The Bertz CT molecular complexity index is 3160. The molecule has 0 fully saturated rings. The smallest absolute Gasteiger partial charge is 0.238 e. The molecule has 10 rings (SSSR count). The molecule has 0 spiro atoms. The lowest BCUT2D eigenvalue weighted by atomic mass is 9.95. The second-order valence-electron chi connectivity index (χ2n) is 10.5. The minimum absolute atomic E-state index is 0.0642. The van der Waals surface area contributed by atoms with E-state index in [-0.39, 0.29) is 28.7 Å². The van der Waals surface area contributed by atoms with E-state index in [4.69, 9.17) is 28.1 Å². The van der Waals surface area contributed by atoms with Gasteiger partial charge < -0.3 is 4.42 Å². The Labute approximate surface area is 265 Å². The number of furan rings is 1. The van der Waals surface area contributed by atoms with Crippen molar-refractivity contribution in [3.8, 4) is 28.7 Å². The van der Waals surface area contributed by atoms with Crippen LogP contribution in [-0.2, 0) is 0 Å². The molecule has 0 N–H and O–H groups in total. The van der Waals surface area contributed by atoms with E-state index in [1.807, 2.05) is 54.6 Å². The van der Waals surface area contributed by atoms with Gasteiger partial charge in [0, 0.05) is 32.7 Å². The zero-order valence-corrected chi connectivity index (χ0v) is 22.6. The van der Waals surface area contributed by atoms with E-state index < -0.39 is 60.4 Å². The van der Waals surface area contributed by atoms with Crippen LogP contribution in [0.4, 0.5) is 0 Å². The first-order chi connectivity index (χ1) is 26.0. The second kappa shape index (κ2) is 8.72. The topological polar surface area (TPSA) is 56.7 Å². The third-order valence-corrected chi connectivity index (χ3v) is 8.19. The molecule has 5 nitrogen and oxygen atoms in total. The summed E-state index contributed by atoms with van der Waals surface area (Å²) in [6, 6.07) is 17.7. The van der Waals surface area contributed by atoms with E-state index in [1.165, 1.54) is 0 Å². The van der Waals surface area contributed by atoms with Crippen LogP contribution in [0.15, 0.2) is 138 Å². The molecule has 10 aromatic rings. The number of nitrogens with zero attached hydrogens (tertiary/aromatic N) is 4. The first-order valence-electron chi connectivity index (χ1n) is 18.9. The third kappa shape index (κ3) is 3.15. The predicted octanol–water partition coefficient (Wildman–Crippen LogP) is 9.95.